The van der Waals surface area contributed by atoms with Crippen LogP contribution in [0.4, 0.5) is 0 Å². The fourth-order valence-corrected chi connectivity index (χ4v) is 3.82. The molecule has 0 amide bonds. The van der Waals surface area contributed by atoms with Crippen LogP contribution in [0.25, 0.3) is 0 Å². The van der Waals surface area contributed by atoms with Gasteiger partial charge in [0.2, 0.25) is 0 Å². The van der Waals surface area contributed by atoms with Crippen molar-refractivity contribution in [2.75, 3.05) is 6.61 Å². The zero-order valence-electron chi connectivity index (χ0n) is 12.2. The quantitative estimate of drug-likeness (QED) is 0.795. The van der Waals surface area contributed by atoms with Crippen molar-refractivity contribution in [1.29, 1.82) is 0 Å². The molecule has 20 heavy (non-hydrogen) atoms. The standard InChI is InChI=1S/C17H25NO2/c1-12-7-9-17(11-19,10-8-12)18-15-6-5-14-13(15)3-2-4-16(14)20/h2-4,12,15,18-20H,5-11H2,1H3. The smallest absolute Gasteiger partial charge is 0.119 e. The lowest BCUT2D eigenvalue weighted by Crippen LogP contribution is -2.51. The molecular formula is C17H25NO2. The third-order valence-electron chi connectivity index (χ3n) is 5.26. The Kier molecular flexibility index (Phi) is 3.74. The van der Waals surface area contributed by atoms with Crippen molar-refractivity contribution in [1.82, 2.24) is 5.32 Å². The zero-order chi connectivity index (χ0) is 14.2. The van der Waals surface area contributed by atoms with Crippen LogP contribution in [-0.4, -0.2) is 22.4 Å². The van der Waals surface area contributed by atoms with Crippen molar-refractivity contribution in [2.45, 2.75) is 57.0 Å². The van der Waals surface area contributed by atoms with Crippen LogP contribution in [0.2, 0.25) is 0 Å². The number of fused-ring (bicyclic) bond motifs is 1. The molecule has 0 saturated heterocycles. The van der Waals surface area contributed by atoms with E-state index < -0.39 is 0 Å². The summed E-state index contributed by atoms with van der Waals surface area (Å²) >= 11 is 0. The maximum absolute atomic E-state index is 9.93. The predicted octanol–water partition coefficient (Wildman–Crippen LogP) is 2.91. The minimum absolute atomic E-state index is 0.121. The molecule has 0 spiro atoms. The van der Waals surface area contributed by atoms with Crippen LogP contribution in [0.15, 0.2) is 18.2 Å². The van der Waals surface area contributed by atoms with E-state index in [9.17, 15) is 10.2 Å². The number of nitrogens with one attached hydrogen (secondary N) is 1. The van der Waals surface area contributed by atoms with Crippen molar-refractivity contribution in [2.24, 2.45) is 5.92 Å². The van der Waals surface area contributed by atoms with Gasteiger partial charge in [0, 0.05) is 11.6 Å². The number of phenols is 1. The third-order valence-corrected chi connectivity index (χ3v) is 5.26. The normalized spacial score (nSPS) is 33.1. The maximum atomic E-state index is 9.93. The Morgan fingerprint density at radius 3 is 2.70 bits per heavy atom. The number of rotatable bonds is 3. The van der Waals surface area contributed by atoms with E-state index in [0.717, 1.165) is 37.2 Å². The van der Waals surface area contributed by atoms with Gasteiger partial charge in [-0.25, -0.2) is 0 Å². The van der Waals surface area contributed by atoms with Crippen LogP contribution >= 0.6 is 0 Å². The van der Waals surface area contributed by atoms with Gasteiger partial charge in [-0.1, -0.05) is 19.1 Å². The second-order valence-electron chi connectivity index (χ2n) is 6.70. The number of benzene rings is 1. The summed E-state index contributed by atoms with van der Waals surface area (Å²) < 4.78 is 0. The SMILES string of the molecule is CC1CCC(CO)(NC2CCc3c(O)cccc32)CC1. The first-order valence-corrected chi connectivity index (χ1v) is 7.83. The number of aliphatic hydroxyl groups excluding tert-OH is 1. The molecule has 0 bridgehead atoms. The Morgan fingerprint density at radius 1 is 1.25 bits per heavy atom. The Labute approximate surface area is 121 Å². The van der Waals surface area contributed by atoms with E-state index in [0.29, 0.717) is 5.75 Å². The molecule has 3 nitrogen and oxygen atoms in total. The fraction of sp³-hybridized carbons (Fsp3) is 0.647. The molecule has 0 heterocycles. The summed E-state index contributed by atoms with van der Waals surface area (Å²) in [5.74, 6) is 1.19. The average Bonchev–Trinajstić information content (AvgIpc) is 2.86. The van der Waals surface area contributed by atoms with Crippen LogP contribution in [0.5, 0.6) is 5.75 Å². The summed E-state index contributed by atoms with van der Waals surface area (Å²) in [4.78, 5) is 0. The summed E-state index contributed by atoms with van der Waals surface area (Å²) in [6.07, 6.45) is 6.42. The first kappa shape index (κ1) is 13.9. The first-order valence-electron chi connectivity index (χ1n) is 7.83. The van der Waals surface area contributed by atoms with E-state index in [2.05, 4.69) is 18.3 Å². The van der Waals surface area contributed by atoms with Crippen LogP contribution in [0, 0.1) is 5.92 Å². The lowest BCUT2D eigenvalue weighted by atomic mass is 9.77. The molecular weight excluding hydrogens is 250 g/mol. The van der Waals surface area contributed by atoms with Gasteiger partial charge in [0.05, 0.1) is 6.61 Å². The number of aliphatic hydroxyl groups is 1. The molecule has 0 radical (unpaired) electrons. The van der Waals surface area contributed by atoms with E-state index in [4.69, 9.17) is 0 Å². The van der Waals surface area contributed by atoms with Crippen molar-refractivity contribution < 1.29 is 10.2 Å². The van der Waals surface area contributed by atoms with Gasteiger partial charge in [0.1, 0.15) is 5.75 Å². The molecule has 1 unspecified atom stereocenters. The largest absolute Gasteiger partial charge is 0.508 e. The van der Waals surface area contributed by atoms with Crippen LogP contribution in [-0.2, 0) is 6.42 Å². The Hall–Kier alpha value is -1.06. The molecule has 0 aliphatic heterocycles. The number of hydrogen-bond donors (Lipinski definition) is 3. The number of phenolic OH excluding ortho intramolecular Hbond substituents is 1. The van der Waals surface area contributed by atoms with Gasteiger partial charge in [0.25, 0.3) is 0 Å². The molecule has 1 fully saturated rings. The third kappa shape index (κ3) is 2.45. The van der Waals surface area contributed by atoms with E-state index in [-0.39, 0.29) is 18.2 Å². The van der Waals surface area contributed by atoms with Crippen LogP contribution < -0.4 is 5.32 Å². The average molecular weight is 275 g/mol. The van der Waals surface area contributed by atoms with Gasteiger partial charge in [-0.05, 0) is 61.6 Å². The Bertz CT molecular complexity index is 478. The van der Waals surface area contributed by atoms with Gasteiger partial charge < -0.3 is 15.5 Å². The highest BCUT2D eigenvalue weighted by Crippen LogP contribution is 2.40. The molecule has 1 aromatic rings. The molecule has 1 saturated carbocycles. The molecule has 0 aromatic heterocycles. The van der Waals surface area contributed by atoms with Crippen molar-refractivity contribution >= 4 is 0 Å². The number of hydrogen-bond acceptors (Lipinski definition) is 3. The van der Waals surface area contributed by atoms with Gasteiger partial charge in [0.15, 0.2) is 0 Å². The van der Waals surface area contributed by atoms with Gasteiger partial charge in [-0.2, -0.15) is 0 Å². The maximum Gasteiger partial charge on any atom is 0.119 e. The molecule has 2 aliphatic rings. The molecule has 1 atom stereocenters. The molecule has 3 N–H and O–H groups in total. The van der Waals surface area contributed by atoms with E-state index in [1.54, 1.807) is 6.07 Å². The zero-order valence-corrected chi connectivity index (χ0v) is 12.2. The molecule has 3 rings (SSSR count). The van der Waals surface area contributed by atoms with Crippen molar-refractivity contribution in [3.8, 4) is 5.75 Å². The second-order valence-corrected chi connectivity index (χ2v) is 6.70. The lowest BCUT2D eigenvalue weighted by Gasteiger charge is -2.41. The summed E-state index contributed by atoms with van der Waals surface area (Å²) in [7, 11) is 0. The summed E-state index contributed by atoms with van der Waals surface area (Å²) in [5.41, 5.74) is 2.18. The topological polar surface area (TPSA) is 52.5 Å². The van der Waals surface area contributed by atoms with E-state index in [1.807, 2.05) is 6.07 Å². The lowest BCUT2D eigenvalue weighted by molar-refractivity contribution is 0.0939. The summed E-state index contributed by atoms with van der Waals surface area (Å²) in [6.45, 7) is 2.51. The highest BCUT2D eigenvalue weighted by Gasteiger charge is 2.37. The van der Waals surface area contributed by atoms with Crippen LogP contribution in [0.1, 0.15) is 56.2 Å². The minimum atomic E-state index is -0.121. The van der Waals surface area contributed by atoms with E-state index >= 15 is 0 Å². The minimum Gasteiger partial charge on any atom is -0.508 e. The Balaban J connectivity index is 1.77. The highest BCUT2D eigenvalue weighted by molar-refractivity contribution is 5.44. The van der Waals surface area contributed by atoms with Crippen molar-refractivity contribution in [3.05, 3.63) is 29.3 Å². The van der Waals surface area contributed by atoms with Gasteiger partial charge in [-0.15, -0.1) is 0 Å². The Morgan fingerprint density at radius 2 is 2.00 bits per heavy atom. The molecule has 110 valence electrons. The summed E-state index contributed by atoms with van der Waals surface area (Å²) in [5, 5.41) is 23.5. The van der Waals surface area contributed by atoms with E-state index in [1.165, 1.54) is 18.4 Å². The fourth-order valence-electron chi connectivity index (χ4n) is 3.82. The van der Waals surface area contributed by atoms with Crippen molar-refractivity contribution in [3.63, 3.8) is 0 Å². The second kappa shape index (κ2) is 5.38. The van der Waals surface area contributed by atoms with Crippen LogP contribution in [0.3, 0.4) is 0 Å². The molecule has 1 aromatic carbocycles. The van der Waals surface area contributed by atoms with Gasteiger partial charge in [-0.3, -0.25) is 0 Å². The predicted molar refractivity (Wildman–Crippen MR) is 79.8 cm³/mol. The molecule has 2 aliphatic carbocycles. The monoisotopic (exact) mass is 275 g/mol. The first-order chi connectivity index (χ1) is 9.63. The highest BCUT2D eigenvalue weighted by atomic mass is 16.3. The van der Waals surface area contributed by atoms with Gasteiger partial charge >= 0.3 is 0 Å². The number of aromatic hydroxyl groups is 1. The molecule has 3 heteroatoms. The summed E-state index contributed by atoms with van der Waals surface area (Å²) in [6, 6.07) is 6.07.